The van der Waals surface area contributed by atoms with Crippen molar-refractivity contribution in [3.05, 3.63) is 84.2 Å². The zero-order chi connectivity index (χ0) is 18.9. The number of nitrogens with zero attached hydrogens (tertiary/aromatic N) is 2. The molecule has 1 atom stereocenters. The Labute approximate surface area is 162 Å². The fourth-order valence-corrected chi connectivity index (χ4v) is 3.67. The molecule has 1 heterocycles. The number of hydrogen-bond donors (Lipinski definition) is 1. The summed E-state index contributed by atoms with van der Waals surface area (Å²) in [6.07, 6.45) is 6.10. The van der Waals surface area contributed by atoms with E-state index in [1.165, 1.54) is 11.1 Å². The zero-order valence-corrected chi connectivity index (χ0v) is 16.1. The third-order valence-corrected chi connectivity index (χ3v) is 4.91. The number of ether oxygens (including phenoxy) is 1. The first-order valence-electron chi connectivity index (χ1n) is 9.82. The molecule has 0 spiro atoms. The predicted octanol–water partition coefficient (Wildman–Crippen LogP) is 3.98. The van der Waals surface area contributed by atoms with Crippen LogP contribution >= 0.6 is 0 Å². The minimum absolute atomic E-state index is 0.0459. The van der Waals surface area contributed by atoms with E-state index in [2.05, 4.69) is 70.7 Å². The summed E-state index contributed by atoms with van der Waals surface area (Å²) < 4.78 is 6.13. The van der Waals surface area contributed by atoms with Crippen LogP contribution in [0.5, 0.6) is 0 Å². The molecule has 0 radical (unpaired) electrons. The van der Waals surface area contributed by atoms with Gasteiger partial charge < -0.3 is 19.6 Å². The van der Waals surface area contributed by atoms with Gasteiger partial charge in [0, 0.05) is 38.7 Å². The molecule has 4 nitrogen and oxygen atoms in total. The van der Waals surface area contributed by atoms with Gasteiger partial charge in [0.1, 0.15) is 6.17 Å². The van der Waals surface area contributed by atoms with Gasteiger partial charge in [0.05, 0.1) is 6.10 Å². The predicted molar refractivity (Wildman–Crippen MR) is 109 cm³/mol. The first-order valence-corrected chi connectivity index (χ1v) is 9.82. The summed E-state index contributed by atoms with van der Waals surface area (Å²) in [7, 11) is 0. The molecule has 1 unspecified atom stereocenters. The van der Waals surface area contributed by atoms with Gasteiger partial charge in [-0.05, 0) is 30.9 Å². The van der Waals surface area contributed by atoms with Crippen molar-refractivity contribution in [3.63, 3.8) is 0 Å². The van der Waals surface area contributed by atoms with E-state index in [-0.39, 0.29) is 18.9 Å². The van der Waals surface area contributed by atoms with Crippen LogP contribution in [0, 0.1) is 0 Å². The van der Waals surface area contributed by atoms with Crippen LogP contribution in [0.1, 0.15) is 30.9 Å². The lowest BCUT2D eigenvalue weighted by atomic mass is 10.1. The number of hydrogen-bond acceptors (Lipinski definition) is 4. The number of rotatable bonds is 10. The topological polar surface area (TPSA) is 35.9 Å². The summed E-state index contributed by atoms with van der Waals surface area (Å²) in [5.74, 6) is 0. The van der Waals surface area contributed by atoms with E-state index in [1.54, 1.807) is 0 Å². The van der Waals surface area contributed by atoms with Crippen molar-refractivity contribution < 1.29 is 9.84 Å². The average molecular weight is 367 g/mol. The van der Waals surface area contributed by atoms with Crippen molar-refractivity contribution in [2.75, 3.05) is 13.2 Å². The van der Waals surface area contributed by atoms with E-state index >= 15 is 0 Å². The summed E-state index contributed by atoms with van der Waals surface area (Å²) >= 11 is 0. The van der Waals surface area contributed by atoms with Crippen molar-refractivity contribution in [2.24, 2.45) is 0 Å². The fourth-order valence-electron chi connectivity index (χ4n) is 3.67. The molecule has 3 rings (SSSR count). The highest BCUT2D eigenvalue weighted by atomic mass is 16.5. The average Bonchev–Trinajstić information content (AvgIpc) is 3.08. The summed E-state index contributed by atoms with van der Waals surface area (Å²) in [4.78, 5) is 4.71. The van der Waals surface area contributed by atoms with Gasteiger partial charge in [0.2, 0.25) is 0 Å². The van der Waals surface area contributed by atoms with Crippen molar-refractivity contribution in [1.82, 2.24) is 9.80 Å². The smallest absolute Gasteiger partial charge is 0.128 e. The molecule has 144 valence electrons. The largest absolute Gasteiger partial charge is 0.396 e. The van der Waals surface area contributed by atoms with Crippen LogP contribution in [0.15, 0.2) is 73.1 Å². The Balaban J connectivity index is 1.80. The maximum absolute atomic E-state index is 9.33. The van der Waals surface area contributed by atoms with E-state index in [0.717, 1.165) is 25.9 Å². The second-order valence-corrected chi connectivity index (χ2v) is 6.89. The molecule has 2 aromatic carbocycles. The van der Waals surface area contributed by atoms with Crippen molar-refractivity contribution >= 4 is 0 Å². The molecule has 4 heteroatoms. The number of benzene rings is 2. The molecule has 1 aliphatic heterocycles. The molecule has 0 fully saturated rings. The quantitative estimate of drug-likeness (QED) is 0.690. The van der Waals surface area contributed by atoms with Crippen LogP contribution in [-0.4, -0.2) is 40.4 Å². The van der Waals surface area contributed by atoms with E-state index in [9.17, 15) is 5.11 Å². The van der Waals surface area contributed by atoms with Crippen LogP contribution in [0.4, 0.5) is 0 Å². The summed E-state index contributed by atoms with van der Waals surface area (Å²) in [5.41, 5.74) is 2.57. The third kappa shape index (κ3) is 5.34. The van der Waals surface area contributed by atoms with E-state index < -0.39 is 0 Å². The van der Waals surface area contributed by atoms with Gasteiger partial charge in [-0.15, -0.1) is 0 Å². The Morgan fingerprint density at radius 3 is 1.85 bits per heavy atom. The van der Waals surface area contributed by atoms with Gasteiger partial charge in [-0.1, -0.05) is 60.7 Å². The molecular weight excluding hydrogens is 336 g/mol. The van der Waals surface area contributed by atoms with Gasteiger partial charge in [-0.2, -0.15) is 0 Å². The second-order valence-electron chi connectivity index (χ2n) is 6.89. The van der Waals surface area contributed by atoms with E-state index in [4.69, 9.17) is 4.74 Å². The van der Waals surface area contributed by atoms with Crippen molar-refractivity contribution in [1.29, 1.82) is 0 Å². The molecule has 0 saturated carbocycles. The molecule has 0 aliphatic carbocycles. The normalized spacial score (nSPS) is 15.5. The summed E-state index contributed by atoms with van der Waals surface area (Å²) in [5, 5.41) is 9.33. The minimum Gasteiger partial charge on any atom is -0.396 e. The second kappa shape index (κ2) is 10.1. The first kappa shape index (κ1) is 19.5. The molecule has 0 saturated heterocycles. The van der Waals surface area contributed by atoms with Crippen molar-refractivity contribution in [2.45, 2.75) is 45.1 Å². The Morgan fingerprint density at radius 2 is 1.41 bits per heavy atom. The van der Waals surface area contributed by atoms with Crippen LogP contribution in [0.25, 0.3) is 0 Å². The lowest BCUT2D eigenvalue weighted by Crippen LogP contribution is -2.48. The molecule has 1 N–H and O–H groups in total. The Hall–Kier alpha value is -2.30. The molecule has 0 aromatic heterocycles. The van der Waals surface area contributed by atoms with Gasteiger partial charge in [-0.25, -0.2) is 0 Å². The third-order valence-electron chi connectivity index (χ3n) is 4.91. The monoisotopic (exact) mass is 366 g/mol. The lowest BCUT2D eigenvalue weighted by Gasteiger charge is -2.38. The van der Waals surface area contributed by atoms with Crippen LogP contribution < -0.4 is 0 Å². The minimum atomic E-state index is 0.0459. The number of aliphatic hydroxyl groups excluding tert-OH is 1. The zero-order valence-electron chi connectivity index (χ0n) is 16.1. The molecule has 27 heavy (non-hydrogen) atoms. The molecular formula is C23H30N2O2. The lowest BCUT2D eigenvalue weighted by molar-refractivity contribution is -0.0472. The SMILES string of the molecule is CCOC(CCCO)C1N(Cc2ccccc2)C=CN1Cc1ccccc1. The fraction of sp³-hybridized carbons (Fsp3) is 0.391. The highest BCUT2D eigenvalue weighted by Gasteiger charge is 2.34. The highest BCUT2D eigenvalue weighted by molar-refractivity contribution is 5.18. The van der Waals surface area contributed by atoms with Crippen LogP contribution in [0.3, 0.4) is 0 Å². The van der Waals surface area contributed by atoms with Crippen molar-refractivity contribution in [3.8, 4) is 0 Å². The van der Waals surface area contributed by atoms with Gasteiger partial charge in [0.15, 0.2) is 0 Å². The standard InChI is InChI=1S/C23H30N2O2/c1-2-27-22(14-9-17-26)23-24(18-20-10-5-3-6-11-20)15-16-25(23)19-21-12-7-4-8-13-21/h3-8,10-13,15-16,22-23,26H,2,9,14,17-19H2,1H3. The molecule has 2 aromatic rings. The Kier molecular flexibility index (Phi) is 7.31. The van der Waals surface area contributed by atoms with Gasteiger partial charge in [-0.3, -0.25) is 0 Å². The molecule has 0 amide bonds. The highest BCUT2D eigenvalue weighted by Crippen LogP contribution is 2.27. The molecule has 1 aliphatic rings. The van der Waals surface area contributed by atoms with Crippen LogP contribution in [0.2, 0.25) is 0 Å². The van der Waals surface area contributed by atoms with Gasteiger partial charge >= 0.3 is 0 Å². The van der Waals surface area contributed by atoms with Gasteiger partial charge in [0.25, 0.3) is 0 Å². The first-order chi connectivity index (χ1) is 13.3. The van der Waals surface area contributed by atoms with E-state index in [0.29, 0.717) is 6.61 Å². The Morgan fingerprint density at radius 1 is 0.889 bits per heavy atom. The van der Waals surface area contributed by atoms with E-state index in [1.807, 2.05) is 19.1 Å². The van der Waals surface area contributed by atoms with Crippen LogP contribution in [-0.2, 0) is 17.8 Å². The summed E-state index contributed by atoms with van der Waals surface area (Å²) in [6, 6.07) is 21.1. The Bertz CT molecular complexity index is 639. The maximum atomic E-state index is 9.33. The number of aliphatic hydroxyl groups is 1. The maximum Gasteiger partial charge on any atom is 0.128 e. The summed E-state index contributed by atoms with van der Waals surface area (Å²) in [6.45, 7) is 4.59. The molecule has 0 bridgehead atoms.